The lowest BCUT2D eigenvalue weighted by Crippen LogP contribution is -2.20. The maximum atomic E-state index is 6.15. The van der Waals surface area contributed by atoms with Gasteiger partial charge in [0.2, 0.25) is 0 Å². The highest BCUT2D eigenvalue weighted by Gasteiger charge is 2.23. The smallest absolute Gasteiger partial charge is 0.0279 e. The summed E-state index contributed by atoms with van der Waals surface area (Å²) >= 11 is 6.15. The van der Waals surface area contributed by atoms with Gasteiger partial charge in [-0.15, -0.1) is 11.6 Å². The van der Waals surface area contributed by atoms with Crippen molar-refractivity contribution in [3.8, 4) is 0 Å². The second-order valence-corrected chi connectivity index (χ2v) is 6.54. The number of alkyl halides is 1. The molecule has 0 radical (unpaired) electrons. The molecule has 0 fully saturated rings. The van der Waals surface area contributed by atoms with E-state index in [4.69, 9.17) is 11.6 Å². The summed E-state index contributed by atoms with van der Waals surface area (Å²) in [5, 5.41) is 0. The van der Waals surface area contributed by atoms with E-state index in [0.717, 1.165) is 5.88 Å². The summed E-state index contributed by atoms with van der Waals surface area (Å²) in [4.78, 5) is 0. The average Bonchev–Trinajstić information content (AvgIpc) is 2.46. The standard InChI is InChI=1S/C18H37Cl/c1-4-7-8-9-10-11-12-13-14-15-16-18(5-2,6-3)17-19/h4-17H2,1-3H3. The summed E-state index contributed by atoms with van der Waals surface area (Å²) in [6.07, 6.45) is 18.1. The molecule has 0 saturated carbocycles. The van der Waals surface area contributed by atoms with Crippen LogP contribution in [0.25, 0.3) is 0 Å². The molecule has 0 rings (SSSR count). The fourth-order valence-electron chi connectivity index (χ4n) is 2.85. The molecule has 0 aromatic rings. The van der Waals surface area contributed by atoms with E-state index in [1.807, 2.05) is 0 Å². The molecule has 0 unspecified atom stereocenters. The first-order chi connectivity index (χ1) is 9.24. The Hall–Kier alpha value is 0.290. The van der Waals surface area contributed by atoms with Gasteiger partial charge in [0.15, 0.2) is 0 Å². The summed E-state index contributed by atoms with van der Waals surface area (Å²) in [7, 11) is 0. The van der Waals surface area contributed by atoms with Crippen molar-refractivity contribution in [2.24, 2.45) is 5.41 Å². The largest absolute Gasteiger partial charge is 0.126 e. The zero-order valence-electron chi connectivity index (χ0n) is 13.8. The lowest BCUT2D eigenvalue weighted by molar-refractivity contribution is 0.267. The molecule has 0 saturated heterocycles. The van der Waals surface area contributed by atoms with E-state index in [9.17, 15) is 0 Å². The van der Waals surface area contributed by atoms with Crippen LogP contribution in [0, 0.1) is 5.41 Å². The number of unbranched alkanes of at least 4 members (excludes halogenated alkanes) is 9. The highest BCUT2D eigenvalue weighted by molar-refractivity contribution is 6.18. The summed E-state index contributed by atoms with van der Waals surface area (Å²) in [6.45, 7) is 6.87. The lowest BCUT2D eigenvalue weighted by Gasteiger charge is -2.29. The van der Waals surface area contributed by atoms with Gasteiger partial charge >= 0.3 is 0 Å². The molecule has 0 aromatic heterocycles. The highest BCUT2D eigenvalue weighted by Crippen LogP contribution is 2.34. The van der Waals surface area contributed by atoms with Crippen molar-refractivity contribution in [1.29, 1.82) is 0 Å². The Morgan fingerprint density at radius 1 is 0.632 bits per heavy atom. The summed E-state index contributed by atoms with van der Waals surface area (Å²) in [5.74, 6) is 0.845. The molecule has 0 aliphatic heterocycles. The molecule has 0 spiro atoms. The molecule has 19 heavy (non-hydrogen) atoms. The predicted molar refractivity (Wildman–Crippen MR) is 90.2 cm³/mol. The average molecular weight is 289 g/mol. The first kappa shape index (κ1) is 19.3. The van der Waals surface area contributed by atoms with Gasteiger partial charge in [0.25, 0.3) is 0 Å². The van der Waals surface area contributed by atoms with E-state index in [0.29, 0.717) is 5.41 Å². The maximum Gasteiger partial charge on any atom is 0.0279 e. The van der Waals surface area contributed by atoms with Gasteiger partial charge in [-0.3, -0.25) is 0 Å². The first-order valence-electron chi connectivity index (χ1n) is 8.80. The van der Waals surface area contributed by atoms with E-state index in [2.05, 4.69) is 20.8 Å². The van der Waals surface area contributed by atoms with Gasteiger partial charge in [-0.25, -0.2) is 0 Å². The van der Waals surface area contributed by atoms with Crippen LogP contribution in [0.3, 0.4) is 0 Å². The minimum absolute atomic E-state index is 0.432. The van der Waals surface area contributed by atoms with Crippen molar-refractivity contribution in [2.45, 2.75) is 104 Å². The van der Waals surface area contributed by atoms with Crippen LogP contribution in [0.15, 0.2) is 0 Å². The van der Waals surface area contributed by atoms with Crippen molar-refractivity contribution < 1.29 is 0 Å². The van der Waals surface area contributed by atoms with Gasteiger partial charge in [-0.05, 0) is 24.7 Å². The van der Waals surface area contributed by atoms with Crippen molar-refractivity contribution in [2.75, 3.05) is 5.88 Å². The Labute approximate surface area is 127 Å². The van der Waals surface area contributed by atoms with Crippen molar-refractivity contribution in [1.82, 2.24) is 0 Å². The number of halogens is 1. The SMILES string of the molecule is CCCCCCCCCCCCC(CC)(CC)CCl. The Morgan fingerprint density at radius 3 is 1.42 bits per heavy atom. The quantitative estimate of drug-likeness (QED) is 0.232. The number of hydrogen-bond acceptors (Lipinski definition) is 0. The molecule has 0 N–H and O–H groups in total. The third-order valence-electron chi connectivity index (χ3n) is 4.84. The van der Waals surface area contributed by atoms with Crippen LogP contribution >= 0.6 is 11.6 Å². The summed E-state index contributed by atoms with van der Waals surface area (Å²) in [6, 6.07) is 0. The molecule has 116 valence electrons. The van der Waals surface area contributed by atoms with Crippen molar-refractivity contribution in [3.63, 3.8) is 0 Å². The van der Waals surface area contributed by atoms with Crippen LogP contribution in [0.5, 0.6) is 0 Å². The Balaban J connectivity index is 3.35. The minimum Gasteiger partial charge on any atom is -0.126 e. The van der Waals surface area contributed by atoms with E-state index in [-0.39, 0.29) is 0 Å². The van der Waals surface area contributed by atoms with Crippen molar-refractivity contribution >= 4 is 11.6 Å². The van der Waals surface area contributed by atoms with Gasteiger partial charge in [-0.1, -0.05) is 85.0 Å². The summed E-state index contributed by atoms with van der Waals surface area (Å²) in [5.41, 5.74) is 0.432. The van der Waals surface area contributed by atoms with E-state index < -0.39 is 0 Å². The molecule has 0 aliphatic carbocycles. The van der Waals surface area contributed by atoms with Gasteiger partial charge in [0.1, 0.15) is 0 Å². The van der Waals surface area contributed by atoms with Crippen molar-refractivity contribution in [3.05, 3.63) is 0 Å². The van der Waals surface area contributed by atoms with Crippen LogP contribution in [0.1, 0.15) is 104 Å². The zero-order chi connectivity index (χ0) is 14.4. The molecule has 0 aromatic carbocycles. The van der Waals surface area contributed by atoms with E-state index in [1.165, 1.54) is 83.5 Å². The van der Waals surface area contributed by atoms with Crippen LogP contribution < -0.4 is 0 Å². The fourth-order valence-corrected chi connectivity index (χ4v) is 3.36. The molecule has 0 aliphatic rings. The molecule has 1 heteroatoms. The van der Waals surface area contributed by atoms with E-state index in [1.54, 1.807) is 0 Å². The van der Waals surface area contributed by atoms with Crippen LogP contribution in [0.4, 0.5) is 0 Å². The minimum atomic E-state index is 0.432. The molecule has 0 bridgehead atoms. The lowest BCUT2D eigenvalue weighted by atomic mass is 9.79. The van der Waals surface area contributed by atoms with Gasteiger partial charge in [0, 0.05) is 5.88 Å². The molecule has 0 nitrogen and oxygen atoms in total. The zero-order valence-corrected chi connectivity index (χ0v) is 14.5. The molecular formula is C18H37Cl. The first-order valence-corrected chi connectivity index (χ1v) is 9.34. The second kappa shape index (κ2) is 13.3. The Kier molecular flexibility index (Phi) is 13.5. The highest BCUT2D eigenvalue weighted by atomic mass is 35.5. The number of rotatable bonds is 14. The Bertz CT molecular complexity index is 164. The van der Waals surface area contributed by atoms with Crippen LogP contribution in [0.2, 0.25) is 0 Å². The third kappa shape index (κ3) is 9.77. The normalized spacial score (nSPS) is 12.0. The molecular weight excluding hydrogens is 252 g/mol. The van der Waals surface area contributed by atoms with Crippen LogP contribution in [-0.2, 0) is 0 Å². The monoisotopic (exact) mass is 288 g/mol. The van der Waals surface area contributed by atoms with Gasteiger partial charge < -0.3 is 0 Å². The maximum absolute atomic E-state index is 6.15. The molecule has 0 atom stereocenters. The predicted octanol–water partition coefficient (Wildman–Crippen LogP) is 7.34. The second-order valence-electron chi connectivity index (χ2n) is 6.27. The van der Waals surface area contributed by atoms with Crippen LogP contribution in [-0.4, -0.2) is 5.88 Å². The molecule has 0 heterocycles. The topological polar surface area (TPSA) is 0 Å². The van der Waals surface area contributed by atoms with Gasteiger partial charge in [0.05, 0.1) is 0 Å². The third-order valence-corrected chi connectivity index (χ3v) is 5.41. The van der Waals surface area contributed by atoms with Gasteiger partial charge in [-0.2, -0.15) is 0 Å². The fraction of sp³-hybridized carbons (Fsp3) is 1.00. The van der Waals surface area contributed by atoms with E-state index >= 15 is 0 Å². The number of hydrogen-bond donors (Lipinski definition) is 0. The Morgan fingerprint density at radius 2 is 1.05 bits per heavy atom. The molecule has 0 amide bonds. The summed E-state index contributed by atoms with van der Waals surface area (Å²) < 4.78 is 0.